The summed E-state index contributed by atoms with van der Waals surface area (Å²) in [7, 11) is 0. The quantitative estimate of drug-likeness (QED) is 0.757. The van der Waals surface area contributed by atoms with E-state index < -0.39 is 0 Å². The molecule has 0 aliphatic rings. The van der Waals surface area contributed by atoms with Crippen molar-refractivity contribution >= 4 is 0 Å². The van der Waals surface area contributed by atoms with E-state index in [0.717, 1.165) is 17.1 Å². The molecular formula is C19H21NO2. The lowest BCUT2D eigenvalue weighted by Gasteiger charge is -2.13. The van der Waals surface area contributed by atoms with Crippen molar-refractivity contribution in [1.82, 2.24) is 0 Å². The van der Waals surface area contributed by atoms with Crippen LogP contribution in [0, 0.1) is 18.3 Å². The number of hydrogen-bond donors (Lipinski definition) is 0. The van der Waals surface area contributed by atoms with Gasteiger partial charge in [0.25, 0.3) is 0 Å². The Bertz CT molecular complexity index is 629. The van der Waals surface area contributed by atoms with Gasteiger partial charge in [-0.3, -0.25) is 0 Å². The number of nitriles is 1. The minimum absolute atomic E-state index is 0.153. The van der Waals surface area contributed by atoms with Crippen molar-refractivity contribution < 1.29 is 9.47 Å². The standard InChI is InChI=1S/C19H21NO2/c1-3-21-18-6-4-5-7-19(18)22-13-12-17(14-20)16-10-8-15(2)9-11-16/h4-11,17H,3,12-13H2,1-2H3. The highest BCUT2D eigenvalue weighted by molar-refractivity contribution is 5.39. The predicted octanol–water partition coefficient (Wildman–Crippen LogP) is 4.47. The summed E-state index contributed by atoms with van der Waals surface area (Å²) < 4.78 is 11.3. The molecule has 2 rings (SSSR count). The van der Waals surface area contributed by atoms with E-state index in [1.54, 1.807) is 0 Å². The minimum Gasteiger partial charge on any atom is -0.490 e. The largest absolute Gasteiger partial charge is 0.490 e. The van der Waals surface area contributed by atoms with Gasteiger partial charge in [-0.25, -0.2) is 0 Å². The molecule has 0 aromatic heterocycles. The molecule has 0 saturated carbocycles. The summed E-state index contributed by atoms with van der Waals surface area (Å²) in [6, 6.07) is 18.1. The number of para-hydroxylation sites is 2. The second-order valence-electron chi connectivity index (χ2n) is 5.11. The van der Waals surface area contributed by atoms with E-state index in [1.165, 1.54) is 5.56 Å². The molecule has 0 radical (unpaired) electrons. The zero-order valence-corrected chi connectivity index (χ0v) is 13.1. The summed E-state index contributed by atoms with van der Waals surface area (Å²) in [5.41, 5.74) is 2.23. The van der Waals surface area contributed by atoms with Gasteiger partial charge >= 0.3 is 0 Å². The number of benzene rings is 2. The lowest BCUT2D eigenvalue weighted by Crippen LogP contribution is -2.05. The van der Waals surface area contributed by atoms with E-state index in [9.17, 15) is 5.26 Å². The van der Waals surface area contributed by atoms with Gasteiger partial charge in [0.2, 0.25) is 0 Å². The first-order valence-corrected chi connectivity index (χ1v) is 7.55. The maximum atomic E-state index is 9.35. The van der Waals surface area contributed by atoms with E-state index in [4.69, 9.17) is 9.47 Å². The Balaban J connectivity index is 1.95. The van der Waals surface area contributed by atoms with Crippen molar-refractivity contribution in [1.29, 1.82) is 5.26 Å². The lowest BCUT2D eigenvalue weighted by molar-refractivity contribution is 0.271. The van der Waals surface area contributed by atoms with E-state index in [-0.39, 0.29) is 5.92 Å². The Morgan fingerprint density at radius 3 is 2.23 bits per heavy atom. The summed E-state index contributed by atoms with van der Waals surface area (Å²) >= 11 is 0. The topological polar surface area (TPSA) is 42.2 Å². The van der Waals surface area contributed by atoms with Gasteiger partial charge in [-0.05, 0) is 31.5 Å². The van der Waals surface area contributed by atoms with Crippen LogP contribution < -0.4 is 9.47 Å². The second-order valence-corrected chi connectivity index (χ2v) is 5.11. The van der Waals surface area contributed by atoms with Crippen molar-refractivity contribution in [3.63, 3.8) is 0 Å². The Kier molecular flexibility index (Phi) is 5.85. The van der Waals surface area contributed by atoms with Gasteiger partial charge in [0.05, 0.1) is 25.2 Å². The van der Waals surface area contributed by atoms with E-state index in [1.807, 2.05) is 62.4 Å². The number of hydrogen-bond acceptors (Lipinski definition) is 3. The minimum atomic E-state index is -0.153. The molecule has 1 atom stereocenters. The van der Waals surface area contributed by atoms with Crippen LogP contribution in [0.5, 0.6) is 11.5 Å². The second kappa shape index (κ2) is 8.09. The molecule has 22 heavy (non-hydrogen) atoms. The predicted molar refractivity (Wildman–Crippen MR) is 87.3 cm³/mol. The van der Waals surface area contributed by atoms with E-state index in [2.05, 4.69) is 6.07 Å². The molecule has 1 unspecified atom stereocenters. The molecule has 3 nitrogen and oxygen atoms in total. The molecular weight excluding hydrogens is 274 g/mol. The third kappa shape index (κ3) is 4.26. The molecule has 0 saturated heterocycles. The third-order valence-corrected chi connectivity index (χ3v) is 3.45. The van der Waals surface area contributed by atoms with E-state index in [0.29, 0.717) is 19.6 Å². The first-order chi connectivity index (χ1) is 10.7. The normalized spacial score (nSPS) is 11.5. The molecule has 0 spiro atoms. The lowest BCUT2D eigenvalue weighted by atomic mass is 9.97. The third-order valence-electron chi connectivity index (χ3n) is 3.45. The molecule has 0 amide bonds. The Morgan fingerprint density at radius 2 is 1.64 bits per heavy atom. The maximum Gasteiger partial charge on any atom is 0.161 e. The van der Waals surface area contributed by atoms with Crippen molar-refractivity contribution in [2.24, 2.45) is 0 Å². The smallest absolute Gasteiger partial charge is 0.161 e. The highest BCUT2D eigenvalue weighted by atomic mass is 16.5. The van der Waals surface area contributed by atoms with Crippen LogP contribution in [-0.2, 0) is 0 Å². The van der Waals surface area contributed by atoms with Crippen LogP contribution in [0.4, 0.5) is 0 Å². The van der Waals surface area contributed by atoms with Gasteiger partial charge in [0, 0.05) is 6.42 Å². The molecule has 2 aromatic carbocycles. The first kappa shape index (κ1) is 15.9. The van der Waals surface area contributed by atoms with Crippen molar-refractivity contribution in [2.75, 3.05) is 13.2 Å². The monoisotopic (exact) mass is 295 g/mol. The van der Waals surface area contributed by atoms with Crippen LogP contribution in [0.1, 0.15) is 30.4 Å². The summed E-state index contributed by atoms with van der Waals surface area (Å²) in [5.74, 6) is 1.32. The summed E-state index contributed by atoms with van der Waals surface area (Å²) in [6.45, 7) is 5.07. The average Bonchev–Trinajstić information content (AvgIpc) is 2.54. The fourth-order valence-corrected chi connectivity index (χ4v) is 2.24. The zero-order chi connectivity index (χ0) is 15.8. The fourth-order valence-electron chi connectivity index (χ4n) is 2.24. The first-order valence-electron chi connectivity index (χ1n) is 7.55. The summed E-state index contributed by atoms with van der Waals surface area (Å²) in [5, 5.41) is 9.35. The van der Waals surface area contributed by atoms with Crippen LogP contribution in [0.25, 0.3) is 0 Å². The Morgan fingerprint density at radius 1 is 1.00 bits per heavy atom. The molecule has 3 heteroatoms. The van der Waals surface area contributed by atoms with Gasteiger partial charge in [0.15, 0.2) is 11.5 Å². The highest BCUT2D eigenvalue weighted by Gasteiger charge is 2.11. The van der Waals surface area contributed by atoms with Crippen molar-refractivity contribution in [2.45, 2.75) is 26.2 Å². The molecule has 0 aliphatic carbocycles. The maximum absolute atomic E-state index is 9.35. The number of ether oxygens (including phenoxy) is 2. The van der Waals surface area contributed by atoms with Crippen LogP contribution >= 0.6 is 0 Å². The van der Waals surface area contributed by atoms with Crippen LogP contribution in [-0.4, -0.2) is 13.2 Å². The molecule has 114 valence electrons. The van der Waals surface area contributed by atoms with Crippen LogP contribution in [0.15, 0.2) is 48.5 Å². The fraction of sp³-hybridized carbons (Fsp3) is 0.316. The molecule has 0 heterocycles. The van der Waals surface area contributed by atoms with Gasteiger partial charge < -0.3 is 9.47 Å². The number of nitrogens with zero attached hydrogens (tertiary/aromatic N) is 1. The van der Waals surface area contributed by atoms with Crippen molar-refractivity contribution in [3.05, 3.63) is 59.7 Å². The van der Waals surface area contributed by atoms with E-state index >= 15 is 0 Å². The van der Waals surface area contributed by atoms with Gasteiger partial charge in [-0.1, -0.05) is 42.0 Å². The molecule has 0 fully saturated rings. The molecule has 0 N–H and O–H groups in total. The molecule has 0 bridgehead atoms. The number of rotatable bonds is 7. The van der Waals surface area contributed by atoms with Gasteiger partial charge in [-0.2, -0.15) is 5.26 Å². The molecule has 2 aromatic rings. The van der Waals surface area contributed by atoms with Gasteiger partial charge in [0.1, 0.15) is 0 Å². The number of aryl methyl sites for hydroxylation is 1. The summed E-state index contributed by atoms with van der Waals surface area (Å²) in [6.07, 6.45) is 0.653. The molecule has 0 aliphatic heterocycles. The van der Waals surface area contributed by atoms with Crippen LogP contribution in [0.3, 0.4) is 0 Å². The van der Waals surface area contributed by atoms with Crippen molar-refractivity contribution in [3.8, 4) is 17.6 Å². The average molecular weight is 295 g/mol. The van der Waals surface area contributed by atoms with Crippen LogP contribution in [0.2, 0.25) is 0 Å². The van der Waals surface area contributed by atoms with Gasteiger partial charge in [-0.15, -0.1) is 0 Å². The highest BCUT2D eigenvalue weighted by Crippen LogP contribution is 2.27. The SMILES string of the molecule is CCOc1ccccc1OCCC(C#N)c1ccc(C)cc1. The summed E-state index contributed by atoms with van der Waals surface area (Å²) in [4.78, 5) is 0. The zero-order valence-electron chi connectivity index (χ0n) is 13.1. The Hall–Kier alpha value is -2.47. The Labute approximate surface area is 132 Å².